The standard InChI is InChI=1S/C32H39F3N4O3/c1-31(2)24-10-7-23(28(31)20-24)21-39(29(40)22-8-11-27(42-3)12-9-22)18-15-37-13-16-38(17-14-37)30(41)36-26-6-4-5-25(19-26)32(33,34)35/h4-9,11-12,19,24,28H,10,13-18,20-21H2,1-3H3,(H,36,41). The van der Waals surface area contributed by atoms with Crippen LogP contribution in [0.1, 0.15) is 42.6 Å². The SMILES string of the molecule is COc1ccc(C(=O)N(CCN2CCN(C(=O)Nc3cccc(C(F)(F)F)c3)CC2)CC2=CCC3CC2C3(C)C)cc1. The van der Waals surface area contributed by atoms with Crippen molar-refractivity contribution in [3.05, 3.63) is 71.3 Å². The molecule has 1 N–H and O–H groups in total. The van der Waals surface area contributed by atoms with Gasteiger partial charge in [-0.3, -0.25) is 9.69 Å². The second kappa shape index (κ2) is 12.0. The Hall–Kier alpha value is -3.53. The first-order chi connectivity index (χ1) is 20.0. The molecule has 2 atom stereocenters. The quantitative estimate of drug-likeness (QED) is 0.387. The van der Waals surface area contributed by atoms with Gasteiger partial charge >= 0.3 is 12.2 Å². The Balaban J connectivity index is 1.18. The van der Waals surface area contributed by atoms with Crippen molar-refractivity contribution in [1.29, 1.82) is 0 Å². The van der Waals surface area contributed by atoms with E-state index in [1.807, 2.05) is 4.90 Å². The first kappa shape index (κ1) is 29.9. The average Bonchev–Trinajstić information content (AvgIpc) is 2.99. The number of allylic oxidation sites excluding steroid dienone is 1. The number of urea groups is 1. The van der Waals surface area contributed by atoms with Gasteiger partial charge in [-0.05, 0) is 72.6 Å². The smallest absolute Gasteiger partial charge is 0.416 e. The van der Waals surface area contributed by atoms with E-state index in [-0.39, 0.29) is 17.0 Å². The van der Waals surface area contributed by atoms with E-state index in [2.05, 4.69) is 30.1 Å². The van der Waals surface area contributed by atoms with Gasteiger partial charge in [0.25, 0.3) is 5.91 Å². The molecule has 0 spiro atoms. The van der Waals surface area contributed by atoms with E-state index in [1.165, 1.54) is 24.1 Å². The molecule has 1 aliphatic heterocycles. The van der Waals surface area contributed by atoms with Crippen molar-refractivity contribution in [1.82, 2.24) is 14.7 Å². The summed E-state index contributed by atoms with van der Waals surface area (Å²) in [7, 11) is 1.60. The van der Waals surface area contributed by atoms with Gasteiger partial charge in [-0.2, -0.15) is 13.2 Å². The van der Waals surface area contributed by atoms with Crippen LogP contribution in [0.3, 0.4) is 0 Å². The van der Waals surface area contributed by atoms with E-state index < -0.39 is 17.8 Å². The number of nitrogens with zero attached hydrogens (tertiary/aromatic N) is 3. The number of halogens is 3. The fourth-order valence-electron chi connectivity index (χ4n) is 6.46. The maximum Gasteiger partial charge on any atom is 0.416 e. The van der Waals surface area contributed by atoms with Crippen molar-refractivity contribution in [2.24, 2.45) is 17.3 Å². The molecule has 10 heteroatoms. The van der Waals surface area contributed by atoms with Gasteiger partial charge in [0.05, 0.1) is 12.7 Å². The number of carbonyl (C=O) groups excluding carboxylic acids is 2. The lowest BCUT2D eigenvalue weighted by Gasteiger charge is -2.57. The van der Waals surface area contributed by atoms with E-state index >= 15 is 0 Å². The minimum absolute atomic E-state index is 0.0168. The van der Waals surface area contributed by atoms with E-state index in [0.717, 1.165) is 24.5 Å². The summed E-state index contributed by atoms with van der Waals surface area (Å²) < 4.78 is 44.4. The van der Waals surface area contributed by atoms with Crippen molar-refractivity contribution in [3.8, 4) is 5.75 Å². The number of hydrogen-bond acceptors (Lipinski definition) is 4. The van der Waals surface area contributed by atoms with E-state index in [4.69, 9.17) is 4.74 Å². The summed E-state index contributed by atoms with van der Waals surface area (Å²) in [4.78, 5) is 32.2. The van der Waals surface area contributed by atoms with Crippen LogP contribution in [0.5, 0.6) is 5.75 Å². The molecule has 42 heavy (non-hydrogen) atoms. The van der Waals surface area contributed by atoms with Crippen LogP contribution in [-0.4, -0.2) is 79.6 Å². The molecule has 226 valence electrons. The van der Waals surface area contributed by atoms with Gasteiger partial charge < -0.3 is 19.9 Å². The van der Waals surface area contributed by atoms with E-state index in [1.54, 1.807) is 36.3 Å². The molecule has 0 radical (unpaired) electrons. The minimum Gasteiger partial charge on any atom is -0.497 e. The number of methoxy groups -OCH3 is 1. The Bertz CT molecular complexity index is 1320. The number of carbonyl (C=O) groups is 2. The van der Waals surface area contributed by atoms with Gasteiger partial charge in [0.2, 0.25) is 0 Å². The van der Waals surface area contributed by atoms with Crippen molar-refractivity contribution < 1.29 is 27.5 Å². The normalized spacial score (nSPS) is 21.7. The van der Waals surface area contributed by atoms with Gasteiger partial charge in [-0.25, -0.2) is 4.79 Å². The molecule has 2 fully saturated rings. The highest BCUT2D eigenvalue weighted by Crippen LogP contribution is 2.59. The number of ether oxygens (including phenoxy) is 1. The summed E-state index contributed by atoms with van der Waals surface area (Å²) in [6.07, 6.45) is 0.112. The number of rotatable bonds is 8. The second-order valence-electron chi connectivity index (χ2n) is 12.1. The van der Waals surface area contributed by atoms with Gasteiger partial charge in [-0.15, -0.1) is 0 Å². The Morgan fingerprint density at radius 2 is 1.79 bits per heavy atom. The summed E-state index contributed by atoms with van der Waals surface area (Å²) in [5, 5.41) is 2.59. The number of piperazine rings is 1. The summed E-state index contributed by atoms with van der Waals surface area (Å²) in [5.41, 5.74) is 1.55. The van der Waals surface area contributed by atoms with Crippen LogP contribution in [0, 0.1) is 17.3 Å². The molecule has 3 amide bonds. The summed E-state index contributed by atoms with van der Waals surface area (Å²) in [6, 6.07) is 11.4. The van der Waals surface area contributed by atoms with Crippen molar-refractivity contribution >= 4 is 17.6 Å². The summed E-state index contributed by atoms with van der Waals surface area (Å²) in [5.74, 6) is 1.91. The lowest BCUT2D eigenvalue weighted by molar-refractivity contribution is -0.137. The Morgan fingerprint density at radius 1 is 1.07 bits per heavy atom. The predicted octanol–water partition coefficient (Wildman–Crippen LogP) is 6.00. The number of amides is 3. The molecule has 7 nitrogen and oxygen atoms in total. The predicted molar refractivity (Wildman–Crippen MR) is 155 cm³/mol. The molecule has 1 heterocycles. The van der Waals surface area contributed by atoms with Crippen LogP contribution in [0.25, 0.3) is 0 Å². The highest BCUT2D eigenvalue weighted by Gasteiger charge is 2.51. The van der Waals surface area contributed by atoms with Crippen LogP contribution < -0.4 is 10.1 Å². The third kappa shape index (κ3) is 6.43. The molecule has 4 aliphatic rings. The number of hydrogen-bond donors (Lipinski definition) is 1. The fourth-order valence-corrected chi connectivity index (χ4v) is 6.46. The number of nitrogens with one attached hydrogen (secondary N) is 1. The van der Waals surface area contributed by atoms with Crippen LogP contribution in [0.15, 0.2) is 60.2 Å². The Labute approximate surface area is 245 Å². The van der Waals surface area contributed by atoms with Crippen molar-refractivity contribution in [3.63, 3.8) is 0 Å². The van der Waals surface area contributed by atoms with E-state index in [9.17, 15) is 22.8 Å². The van der Waals surface area contributed by atoms with Crippen LogP contribution in [-0.2, 0) is 6.18 Å². The molecular weight excluding hydrogens is 545 g/mol. The number of anilines is 1. The molecule has 2 bridgehead atoms. The molecule has 0 aromatic heterocycles. The van der Waals surface area contributed by atoms with Gasteiger partial charge in [0.1, 0.15) is 5.75 Å². The molecule has 2 aromatic rings. The maximum absolute atomic E-state index is 13.7. The number of fused-ring (bicyclic) bond motifs is 1. The average molecular weight is 585 g/mol. The lowest BCUT2D eigenvalue weighted by atomic mass is 9.49. The molecule has 3 aliphatic carbocycles. The molecular formula is C32H39F3N4O3. The van der Waals surface area contributed by atoms with Gasteiger partial charge in [0, 0.05) is 57.1 Å². The highest BCUT2D eigenvalue weighted by molar-refractivity contribution is 5.94. The second-order valence-corrected chi connectivity index (χ2v) is 12.1. The van der Waals surface area contributed by atoms with Gasteiger partial charge in [-0.1, -0.05) is 31.6 Å². The minimum atomic E-state index is -4.47. The van der Waals surface area contributed by atoms with Crippen LogP contribution in [0.2, 0.25) is 0 Å². The zero-order valence-corrected chi connectivity index (χ0v) is 24.4. The fraction of sp³-hybridized carbons (Fsp3) is 0.500. The molecule has 1 saturated carbocycles. The van der Waals surface area contributed by atoms with Gasteiger partial charge in [0.15, 0.2) is 0 Å². The van der Waals surface area contributed by atoms with Crippen molar-refractivity contribution in [2.75, 3.05) is 58.2 Å². The highest BCUT2D eigenvalue weighted by atomic mass is 19.4. The molecule has 6 rings (SSSR count). The first-order valence-electron chi connectivity index (χ1n) is 14.5. The summed E-state index contributed by atoms with van der Waals surface area (Å²) in [6.45, 7) is 8.59. The Kier molecular flexibility index (Phi) is 8.55. The third-order valence-corrected chi connectivity index (χ3v) is 9.37. The largest absolute Gasteiger partial charge is 0.497 e. The van der Waals surface area contributed by atoms with Crippen LogP contribution >= 0.6 is 0 Å². The molecule has 2 aromatic carbocycles. The maximum atomic E-state index is 13.7. The Morgan fingerprint density at radius 3 is 2.40 bits per heavy atom. The van der Waals surface area contributed by atoms with Crippen molar-refractivity contribution in [2.45, 2.75) is 32.9 Å². The number of benzene rings is 2. The van der Waals surface area contributed by atoms with E-state index in [0.29, 0.717) is 63.0 Å². The topological polar surface area (TPSA) is 65.1 Å². The lowest BCUT2D eigenvalue weighted by Crippen LogP contribution is -2.52. The summed E-state index contributed by atoms with van der Waals surface area (Å²) >= 11 is 0. The monoisotopic (exact) mass is 584 g/mol. The number of alkyl halides is 3. The molecule has 1 saturated heterocycles. The molecule has 2 unspecified atom stereocenters. The third-order valence-electron chi connectivity index (χ3n) is 9.37. The first-order valence-corrected chi connectivity index (χ1v) is 14.5. The zero-order chi connectivity index (χ0) is 30.1. The zero-order valence-electron chi connectivity index (χ0n) is 24.4. The van der Waals surface area contributed by atoms with Crippen LogP contribution in [0.4, 0.5) is 23.7 Å².